The Balaban J connectivity index is 2.52. The fourth-order valence-corrected chi connectivity index (χ4v) is 2.04. The molecule has 0 bridgehead atoms. The third-order valence-electron chi connectivity index (χ3n) is 3.08. The molecular weight excluding hydrogens is 182 g/mol. The molecule has 0 spiro atoms. The van der Waals surface area contributed by atoms with Gasteiger partial charge in [0.05, 0.1) is 0 Å². The first kappa shape index (κ1) is 8.89. The van der Waals surface area contributed by atoms with Crippen molar-refractivity contribution in [2.45, 2.75) is 25.7 Å². The van der Waals surface area contributed by atoms with Crippen molar-refractivity contribution >= 4 is 17.3 Å². The summed E-state index contributed by atoms with van der Waals surface area (Å²) in [4.78, 5) is 0. The zero-order chi connectivity index (χ0) is 9.47. The lowest BCUT2D eigenvalue weighted by Gasteiger charge is -2.21. The molecule has 1 aromatic rings. The predicted octanol–water partition coefficient (Wildman–Crippen LogP) is 3.43. The molecular formula is C11H14ClN. The van der Waals surface area contributed by atoms with E-state index in [4.69, 9.17) is 11.6 Å². The summed E-state index contributed by atoms with van der Waals surface area (Å²) in [5, 5.41) is 4.25. The second-order valence-electron chi connectivity index (χ2n) is 3.96. The molecule has 0 saturated carbocycles. The molecule has 13 heavy (non-hydrogen) atoms. The highest BCUT2D eigenvalue weighted by Gasteiger charge is 2.32. The van der Waals surface area contributed by atoms with E-state index in [0.717, 1.165) is 18.0 Å². The van der Waals surface area contributed by atoms with E-state index >= 15 is 0 Å². The second-order valence-corrected chi connectivity index (χ2v) is 4.39. The first-order valence-electron chi connectivity index (χ1n) is 4.69. The summed E-state index contributed by atoms with van der Waals surface area (Å²) < 4.78 is 0. The van der Waals surface area contributed by atoms with Crippen molar-refractivity contribution in [2.75, 3.05) is 11.9 Å². The summed E-state index contributed by atoms with van der Waals surface area (Å²) in [6.07, 6.45) is 1.15. The molecule has 70 valence electrons. The molecule has 1 unspecified atom stereocenters. The minimum atomic E-state index is 0.264. The lowest BCUT2D eigenvalue weighted by Crippen LogP contribution is -2.22. The van der Waals surface area contributed by atoms with Crippen LogP contribution in [0.4, 0.5) is 5.69 Å². The van der Waals surface area contributed by atoms with Crippen LogP contribution in [0.25, 0.3) is 0 Å². The van der Waals surface area contributed by atoms with Gasteiger partial charge < -0.3 is 5.32 Å². The summed E-state index contributed by atoms with van der Waals surface area (Å²) >= 11 is 5.98. The van der Waals surface area contributed by atoms with Gasteiger partial charge in [0.15, 0.2) is 0 Å². The number of halogens is 1. The minimum absolute atomic E-state index is 0.264. The van der Waals surface area contributed by atoms with Gasteiger partial charge in [-0.2, -0.15) is 0 Å². The average Bonchev–Trinajstić information content (AvgIpc) is 2.45. The van der Waals surface area contributed by atoms with Crippen LogP contribution in [-0.4, -0.2) is 6.54 Å². The lowest BCUT2D eigenvalue weighted by atomic mass is 9.82. The van der Waals surface area contributed by atoms with E-state index in [1.54, 1.807) is 0 Å². The Morgan fingerprint density at radius 2 is 2.31 bits per heavy atom. The first-order chi connectivity index (χ1) is 6.15. The normalized spacial score (nSPS) is 25.5. The van der Waals surface area contributed by atoms with E-state index in [-0.39, 0.29) is 5.41 Å². The fourth-order valence-electron chi connectivity index (χ4n) is 1.87. The number of fused-ring (bicyclic) bond motifs is 1. The highest BCUT2D eigenvalue weighted by atomic mass is 35.5. The van der Waals surface area contributed by atoms with Gasteiger partial charge in [-0.3, -0.25) is 0 Å². The number of rotatable bonds is 1. The van der Waals surface area contributed by atoms with Gasteiger partial charge in [-0.15, -0.1) is 0 Å². The summed E-state index contributed by atoms with van der Waals surface area (Å²) in [6.45, 7) is 5.53. The number of benzene rings is 1. The monoisotopic (exact) mass is 195 g/mol. The summed E-state index contributed by atoms with van der Waals surface area (Å²) in [5.41, 5.74) is 2.87. The van der Waals surface area contributed by atoms with Crippen LogP contribution in [0.5, 0.6) is 0 Å². The Morgan fingerprint density at radius 3 is 3.00 bits per heavy atom. The average molecular weight is 196 g/mol. The van der Waals surface area contributed by atoms with E-state index in [2.05, 4.69) is 31.3 Å². The van der Waals surface area contributed by atoms with E-state index in [1.165, 1.54) is 11.3 Å². The number of hydrogen-bond acceptors (Lipinski definition) is 1. The van der Waals surface area contributed by atoms with Gasteiger partial charge in [-0.1, -0.05) is 25.4 Å². The third kappa shape index (κ3) is 1.31. The van der Waals surface area contributed by atoms with Crippen LogP contribution >= 0.6 is 11.6 Å². The maximum Gasteiger partial charge on any atom is 0.0410 e. The molecule has 1 aliphatic rings. The molecule has 0 radical (unpaired) electrons. The van der Waals surface area contributed by atoms with Crippen LogP contribution in [0, 0.1) is 0 Å². The molecule has 0 saturated heterocycles. The molecule has 0 aromatic heterocycles. The molecule has 1 atom stereocenters. The van der Waals surface area contributed by atoms with Crippen LogP contribution in [0.15, 0.2) is 18.2 Å². The van der Waals surface area contributed by atoms with Gasteiger partial charge in [0.1, 0.15) is 0 Å². The predicted molar refractivity (Wildman–Crippen MR) is 57.6 cm³/mol. The van der Waals surface area contributed by atoms with Crippen molar-refractivity contribution in [3.63, 3.8) is 0 Å². The molecule has 1 heterocycles. The zero-order valence-electron chi connectivity index (χ0n) is 8.02. The molecule has 1 N–H and O–H groups in total. The van der Waals surface area contributed by atoms with Crippen molar-refractivity contribution in [2.24, 2.45) is 0 Å². The molecule has 2 heteroatoms. The Kier molecular flexibility index (Phi) is 1.99. The topological polar surface area (TPSA) is 12.0 Å². The van der Waals surface area contributed by atoms with Crippen LogP contribution in [-0.2, 0) is 5.41 Å². The fraction of sp³-hybridized carbons (Fsp3) is 0.455. The van der Waals surface area contributed by atoms with Gasteiger partial charge in [-0.25, -0.2) is 0 Å². The summed E-state index contributed by atoms with van der Waals surface area (Å²) in [6, 6.07) is 6.09. The highest BCUT2D eigenvalue weighted by Crippen LogP contribution is 2.39. The van der Waals surface area contributed by atoms with Crippen molar-refractivity contribution < 1.29 is 0 Å². The van der Waals surface area contributed by atoms with Crippen molar-refractivity contribution in [3.05, 3.63) is 28.8 Å². The number of hydrogen-bond donors (Lipinski definition) is 1. The highest BCUT2D eigenvalue weighted by molar-refractivity contribution is 6.30. The summed E-state index contributed by atoms with van der Waals surface area (Å²) in [7, 11) is 0. The maximum absolute atomic E-state index is 5.98. The Labute approximate surface area is 84.1 Å². The third-order valence-corrected chi connectivity index (χ3v) is 3.32. The Bertz CT molecular complexity index is 335. The molecule has 2 rings (SSSR count). The molecule has 0 aliphatic carbocycles. The van der Waals surface area contributed by atoms with Crippen LogP contribution in [0.2, 0.25) is 5.02 Å². The molecule has 0 amide bonds. The van der Waals surface area contributed by atoms with E-state index < -0.39 is 0 Å². The Hall–Kier alpha value is -0.690. The zero-order valence-corrected chi connectivity index (χ0v) is 8.78. The lowest BCUT2D eigenvalue weighted by molar-refractivity contribution is 0.504. The molecule has 1 aliphatic heterocycles. The van der Waals surface area contributed by atoms with Gasteiger partial charge in [0.2, 0.25) is 0 Å². The van der Waals surface area contributed by atoms with Gasteiger partial charge in [0.25, 0.3) is 0 Å². The smallest absolute Gasteiger partial charge is 0.0410 e. The van der Waals surface area contributed by atoms with Gasteiger partial charge in [0, 0.05) is 22.7 Å². The number of anilines is 1. The first-order valence-corrected chi connectivity index (χ1v) is 5.07. The van der Waals surface area contributed by atoms with Gasteiger partial charge in [-0.05, 0) is 30.2 Å². The van der Waals surface area contributed by atoms with Crippen LogP contribution < -0.4 is 5.32 Å². The van der Waals surface area contributed by atoms with Crippen molar-refractivity contribution in [1.29, 1.82) is 0 Å². The van der Waals surface area contributed by atoms with Gasteiger partial charge >= 0.3 is 0 Å². The molecule has 1 aromatic carbocycles. The van der Waals surface area contributed by atoms with Crippen molar-refractivity contribution in [1.82, 2.24) is 0 Å². The Morgan fingerprint density at radius 1 is 1.54 bits per heavy atom. The quantitative estimate of drug-likeness (QED) is 0.724. The van der Waals surface area contributed by atoms with E-state index in [1.807, 2.05) is 6.07 Å². The summed E-state index contributed by atoms with van der Waals surface area (Å²) in [5.74, 6) is 0. The largest absolute Gasteiger partial charge is 0.384 e. The van der Waals surface area contributed by atoms with Crippen LogP contribution in [0.1, 0.15) is 25.8 Å². The van der Waals surface area contributed by atoms with E-state index in [9.17, 15) is 0 Å². The maximum atomic E-state index is 5.98. The van der Waals surface area contributed by atoms with E-state index in [0.29, 0.717) is 0 Å². The molecule has 0 fully saturated rings. The second kappa shape index (κ2) is 2.91. The molecule has 1 nitrogen and oxygen atoms in total. The van der Waals surface area contributed by atoms with Crippen molar-refractivity contribution in [3.8, 4) is 0 Å². The standard InChI is InChI=1S/C11H14ClN/c1-3-11(2)7-13-10-5-4-8(12)6-9(10)11/h4-6,13H,3,7H2,1-2H3. The minimum Gasteiger partial charge on any atom is -0.384 e. The SMILES string of the molecule is CCC1(C)CNc2ccc(Cl)cc21. The number of nitrogens with one attached hydrogen (secondary N) is 1. The van der Waals surface area contributed by atoms with Crippen LogP contribution in [0.3, 0.4) is 0 Å².